The average Bonchev–Trinajstić information content (AvgIpc) is 2.38. The van der Waals surface area contributed by atoms with Crippen molar-refractivity contribution in [2.75, 3.05) is 13.7 Å². The fourth-order valence-electron chi connectivity index (χ4n) is 1.50. The first-order valence-electron chi connectivity index (χ1n) is 5.68. The van der Waals surface area contributed by atoms with Gasteiger partial charge < -0.3 is 15.2 Å². The van der Waals surface area contributed by atoms with E-state index in [1.807, 2.05) is 24.3 Å². The molecular formula is C13H17NO4. The van der Waals surface area contributed by atoms with E-state index in [1.165, 1.54) is 6.92 Å². The minimum Gasteiger partial charge on any atom is -0.496 e. The molecule has 18 heavy (non-hydrogen) atoms. The van der Waals surface area contributed by atoms with Crippen LogP contribution in [0.3, 0.4) is 0 Å². The fourth-order valence-corrected chi connectivity index (χ4v) is 1.50. The van der Waals surface area contributed by atoms with Crippen LogP contribution in [-0.2, 0) is 16.0 Å². The molecule has 0 aromatic heterocycles. The lowest BCUT2D eigenvalue weighted by atomic mass is 10.1. The van der Waals surface area contributed by atoms with E-state index < -0.39 is 17.8 Å². The van der Waals surface area contributed by atoms with Crippen LogP contribution in [-0.4, -0.2) is 30.6 Å². The van der Waals surface area contributed by atoms with Crippen LogP contribution in [0, 0.1) is 5.92 Å². The van der Waals surface area contributed by atoms with Gasteiger partial charge in [0.25, 0.3) is 0 Å². The maximum absolute atomic E-state index is 11.4. The number of hydrogen-bond acceptors (Lipinski definition) is 3. The average molecular weight is 251 g/mol. The van der Waals surface area contributed by atoms with E-state index in [-0.39, 0.29) is 0 Å². The normalized spacial score (nSPS) is 11.7. The quantitative estimate of drug-likeness (QED) is 0.742. The Hall–Kier alpha value is -2.04. The van der Waals surface area contributed by atoms with Gasteiger partial charge >= 0.3 is 5.97 Å². The van der Waals surface area contributed by atoms with Gasteiger partial charge in [0.2, 0.25) is 5.91 Å². The maximum Gasteiger partial charge on any atom is 0.315 e. The van der Waals surface area contributed by atoms with Crippen LogP contribution in [0.15, 0.2) is 24.3 Å². The number of methoxy groups -OCH3 is 1. The molecule has 0 saturated heterocycles. The van der Waals surface area contributed by atoms with Gasteiger partial charge in [-0.1, -0.05) is 18.2 Å². The monoisotopic (exact) mass is 251 g/mol. The highest BCUT2D eigenvalue weighted by Gasteiger charge is 2.19. The molecule has 0 saturated carbocycles. The van der Waals surface area contributed by atoms with E-state index in [4.69, 9.17) is 9.84 Å². The number of carboxylic acid groups (broad SMARTS) is 1. The van der Waals surface area contributed by atoms with E-state index in [1.54, 1.807) is 7.11 Å². The Balaban J connectivity index is 2.47. The van der Waals surface area contributed by atoms with Crippen molar-refractivity contribution in [1.82, 2.24) is 5.32 Å². The van der Waals surface area contributed by atoms with Crippen molar-refractivity contribution >= 4 is 11.9 Å². The highest BCUT2D eigenvalue weighted by molar-refractivity contribution is 5.96. The summed E-state index contributed by atoms with van der Waals surface area (Å²) < 4.78 is 5.18. The van der Waals surface area contributed by atoms with Gasteiger partial charge in [-0.05, 0) is 25.0 Å². The lowest BCUT2D eigenvalue weighted by Crippen LogP contribution is -2.34. The highest BCUT2D eigenvalue weighted by atomic mass is 16.5. The zero-order valence-electron chi connectivity index (χ0n) is 10.5. The second kappa shape index (κ2) is 6.64. The standard InChI is InChI=1S/C13H17NO4/c1-9(13(16)17)12(15)14-8-7-10-5-3-4-6-11(10)18-2/h3-6,9H,7-8H2,1-2H3,(H,14,15)(H,16,17). The Kier molecular flexibility index (Phi) is 5.17. The van der Waals surface area contributed by atoms with Crippen LogP contribution in [0.5, 0.6) is 5.75 Å². The van der Waals surface area contributed by atoms with Crippen molar-refractivity contribution in [2.24, 2.45) is 5.92 Å². The van der Waals surface area contributed by atoms with E-state index in [0.717, 1.165) is 11.3 Å². The number of aliphatic carboxylic acids is 1. The summed E-state index contributed by atoms with van der Waals surface area (Å²) in [5, 5.41) is 11.3. The minimum absolute atomic E-state index is 0.386. The van der Waals surface area contributed by atoms with Gasteiger partial charge in [-0.15, -0.1) is 0 Å². The number of ether oxygens (including phenoxy) is 1. The highest BCUT2D eigenvalue weighted by Crippen LogP contribution is 2.17. The molecule has 1 atom stereocenters. The van der Waals surface area contributed by atoms with E-state index in [9.17, 15) is 9.59 Å². The largest absolute Gasteiger partial charge is 0.496 e. The van der Waals surface area contributed by atoms with Gasteiger partial charge in [0.05, 0.1) is 7.11 Å². The van der Waals surface area contributed by atoms with Crippen LogP contribution < -0.4 is 10.1 Å². The lowest BCUT2D eigenvalue weighted by molar-refractivity contribution is -0.146. The first kappa shape index (κ1) is 14.0. The van der Waals surface area contributed by atoms with E-state index >= 15 is 0 Å². The van der Waals surface area contributed by atoms with Gasteiger partial charge in [0.1, 0.15) is 11.7 Å². The smallest absolute Gasteiger partial charge is 0.315 e. The van der Waals surface area contributed by atoms with Gasteiger partial charge in [0.15, 0.2) is 0 Å². The molecule has 0 bridgehead atoms. The van der Waals surface area contributed by atoms with Crippen LogP contribution in [0.2, 0.25) is 0 Å². The van der Waals surface area contributed by atoms with Crippen molar-refractivity contribution in [3.05, 3.63) is 29.8 Å². The number of carbonyl (C=O) groups excluding carboxylic acids is 1. The fraction of sp³-hybridized carbons (Fsp3) is 0.385. The third-order valence-electron chi connectivity index (χ3n) is 2.65. The van der Waals surface area contributed by atoms with E-state index in [0.29, 0.717) is 13.0 Å². The number of amides is 1. The molecule has 5 nitrogen and oxygen atoms in total. The number of carbonyl (C=O) groups is 2. The molecule has 0 aliphatic carbocycles. The Morgan fingerprint density at radius 2 is 2.06 bits per heavy atom. The third kappa shape index (κ3) is 3.76. The van der Waals surface area contributed by atoms with Crippen LogP contribution in [0.25, 0.3) is 0 Å². The van der Waals surface area contributed by atoms with Crippen LogP contribution in [0.4, 0.5) is 0 Å². The second-order valence-electron chi connectivity index (χ2n) is 3.91. The van der Waals surface area contributed by atoms with E-state index in [2.05, 4.69) is 5.32 Å². The summed E-state index contributed by atoms with van der Waals surface area (Å²) in [6.07, 6.45) is 0.599. The van der Waals surface area contributed by atoms with Gasteiger partial charge in [-0.25, -0.2) is 0 Å². The Morgan fingerprint density at radius 3 is 2.67 bits per heavy atom. The number of carboxylic acids is 1. The first-order valence-corrected chi connectivity index (χ1v) is 5.68. The molecule has 98 valence electrons. The summed E-state index contributed by atoms with van der Waals surface area (Å²) in [4.78, 5) is 22.0. The topological polar surface area (TPSA) is 75.6 Å². The zero-order chi connectivity index (χ0) is 13.5. The summed E-state index contributed by atoms with van der Waals surface area (Å²) >= 11 is 0. The molecule has 1 unspecified atom stereocenters. The predicted molar refractivity (Wildman–Crippen MR) is 66.5 cm³/mol. The molecular weight excluding hydrogens is 234 g/mol. The Labute approximate surface area is 106 Å². The first-order chi connectivity index (χ1) is 8.56. The molecule has 5 heteroatoms. The molecule has 1 aromatic carbocycles. The van der Waals surface area contributed by atoms with Crippen molar-refractivity contribution in [3.63, 3.8) is 0 Å². The van der Waals surface area contributed by atoms with Gasteiger partial charge in [0, 0.05) is 6.54 Å². The van der Waals surface area contributed by atoms with Crippen molar-refractivity contribution in [2.45, 2.75) is 13.3 Å². The van der Waals surface area contributed by atoms with Crippen molar-refractivity contribution in [3.8, 4) is 5.75 Å². The molecule has 0 heterocycles. The molecule has 0 spiro atoms. The molecule has 0 radical (unpaired) electrons. The lowest BCUT2D eigenvalue weighted by Gasteiger charge is -2.10. The van der Waals surface area contributed by atoms with Crippen molar-refractivity contribution < 1.29 is 19.4 Å². The SMILES string of the molecule is COc1ccccc1CCNC(=O)C(C)C(=O)O. The molecule has 1 rings (SSSR count). The number of hydrogen-bond donors (Lipinski definition) is 2. The molecule has 1 aromatic rings. The second-order valence-corrected chi connectivity index (χ2v) is 3.91. The molecule has 0 aliphatic heterocycles. The molecule has 0 aliphatic rings. The molecule has 0 fully saturated rings. The minimum atomic E-state index is -1.12. The van der Waals surface area contributed by atoms with Crippen LogP contribution in [0.1, 0.15) is 12.5 Å². The van der Waals surface area contributed by atoms with Gasteiger partial charge in [-0.2, -0.15) is 0 Å². The number of nitrogens with one attached hydrogen (secondary N) is 1. The Morgan fingerprint density at radius 1 is 1.39 bits per heavy atom. The maximum atomic E-state index is 11.4. The number of benzene rings is 1. The summed E-state index contributed by atoms with van der Waals surface area (Å²) in [7, 11) is 1.59. The molecule has 1 amide bonds. The zero-order valence-corrected chi connectivity index (χ0v) is 10.5. The van der Waals surface area contributed by atoms with Crippen LogP contribution >= 0.6 is 0 Å². The third-order valence-corrected chi connectivity index (χ3v) is 2.65. The summed E-state index contributed by atoms with van der Waals surface area (Å²) in [6, 6.07) is 7.51. The molecule has 2 N–H and O–H groups in total. The Bertz CT molecular complexity index is 431. The number of para-hydroxylation sites is 1. The summed E-state index contributed by atoms with van der Waals surface area (Å²) in [6.45, 7) is 1.75. The summed E-state index contributed by atoms with van der Waals surface area (Å²) in [5.74, 6) is -1.86. The number of rotatable bonds is 6. The summed E-state index contributed by atoms with van der Waals surface area (Å²) in [5.41, 5.74) is 0.975. The predicted octanol–water partition coefficient (Wildman–Crippen LogP) is 1.07. The van der Waals surface area contributed by atoms with Gasteiger partial charge in [-0.3, -0.25) is 9.59 Å². The van der Waals surface area contributed by atoms with Crippen molar-refractivity contribution in [1.29, 1.82) is 0 Å².